The molecule has 0 unspecified atom stereocenters. The average molecular weight is 528 g/mol. The first-order valence-corrected chi connectivity index (χ1v) is 11.8. The second-order valence-electron chi connectivity index (χ2n) is 7.82. The summed E-state index contributed by atoms with van der Waals surface area (Å²) in [5, 5.41) is 25.8. The number of amides is 2. The molecule has 3 rings (SSSR count). The number of carbonyl (C=O) groups is 5. The molecule has 188 valence electrons. The van der Waals surface area contributed by atoms with Crippen molar-refractivity contribution in [2.24, 2.45) is 5.16 Å². The van der Waals surface area contributed by atoms with Crippen molar-refractivity contribution >= 4 is 63.7 Å². The van der Waals surface area contributed by atoms with Crippen molar-refractivity contribution in [2.45, 2.75) is 37.8 Å². The lowest BCUT2D eigenvalue weighted by Gasteiger charge is -2.49. The van der Waals surface area contributed by atoms with Crippen LogP contribution >= 0.6 is 23.1 Å². The summed E-state index contributed by atoms with van der Waals surface area (Å²) >= 11 is 2.18. The van der Waals surface area contributed by atoms with Gasteiger partial charge in [0.1, 0.15) is 29.4 Å². The zero-order valence-electron chi connectivity index (χ0n) is 18.6. The summed E-state index contributed by atoms with van der Waals surface area (Å²) < 4.78 is 4.88. The Balaban J connectivity index is 1.82. The molecule has 1 aromatic heterocycles. The number of nitrogen functional groups attached to an aromatic ring is 1. The number of nitrogens with zero attached hydrogens (tertiary/aromatic N) is 3. The minimum atomic E-state index is -1.77. The van der Waals surface area contributed by atoms with Gasteiger partial charge in [-0.25, -0.2) is 14.6 Å². The number of thioether (sulfide) groups is 1. The highest BCUT2D eigenvalue weighted by molar-refractivity contribution is 8.00. The maximum atomic E-state index is 13.0. The van der Waals surface area contributed by atoms with E-state index in [1.54, 1.807) is 0 Å². The Labute approximate surface area is 206 Å². The largest absolute Gasteiger partial charge is 0.478 e. The van der Waals surface area contributed by atoms with Gasteiger partial charge >= 0.3 is 17.9 Å². The van der Waals surface area contributed by atoms with Crippen LogP contribution in [0.25, 0.3) is 0 Å². The number of β-lactam (4-membered cyclic amide) rings is 1. The van der Waals surface area contributed by atoms with Crippen molar-refractivity contribution in [2.75, 3.05) is 18.1 Å². The van der Waals surface area contributed by atoms with Crippen LogP contribution in [0.5, 0.6) is 0 Å². The Bertz CT molecular complexity index is 1160. The second kappa shape index (κ2) is 9.91. The van der Waals surface area contributed by atoms with Gasteiger partial charge in [0, 0.05) is 23.6 Å². The van der Waals surface area contributed by atoms with Gasteiger partial charge in [-0.05, 0) is 13.8 Å². The number of esters is 1. The Kier molecular flexibility index (Phi) is 7.35. The molecule has 14 nitrogen and oxygen atoms in total. The van der Waals surface area contributed by atoms with Crippen molar-refractivity contribution in [3.8, 4) is 0 Å². The molecule has 0 spiro atoms. The molecule has 16 heteroatoms. The Morgan fingerprint density at radius 2 is 2.03 bits per heavy atom. The number of hydrogen-bond donors (Lipinski definition) is 4. The topological polar surface area (TPSA) is 211 Å². The van der Waals surface area contributed by atoms with Gasteiger partial charge in [-0.2, -0.15) is 0 Å². The summed E-state index contributed by atoms with van der Waals surface area (Å²) in [5.74, 6) is -4.76. The first-order valence-electron chi connectivity index (χ1n) is 9.88. The van der Waals surface area contributed by atoms with E-state index < -0.39 is 52.5 Å². The molecule has 2 aliphatic heterocycles. The normalized spacial score (nSPS) is 20.0. The van der Waals surface area contributed by atoms with Gasteiger partial charge in [0.15, 0.2) is 10.8 Å². The summed E-state index contributed by atoms with van der Waals surface area (Å²) in [5.41, 5.74) is 3.38. The van der Waals surface area contributed by atoms with Crippen LogP contribution in [0, 0.1) is 0 Å². The molecule has 0 radical (unpaired) electrons. The number of aliphatic carboxylic acids is 2. The molecule has 1 aromatic rings. The molecule has 1 fully saturated rings. The van der Waals surface area contributed by atoms with Crippen molar-refractivity contribution < 1.29 is 43.8 Å². The first-order chi connectivity index (χ1) is 16.3. The number of nitrogens with two attached hydrogens (primary N) is 1. The molecule has 0 aromatic carbocycles. The van der Waals surface area contributed by atoms with E-state index in [1.807, 2.05) is 0 Å². The van der Waals surface area contributed by atoms with E-state index in [0.717, 1.165) is 16.2 Å². The number of carbonyl (C=O) groups excluding carboxylic acids is 3. The van der Waals surface area contributed by atoms with Crippen molar-refractivity contribution in [1.82, 2.24) is 15.2 Å². The average Bonchev–Trinajstić information content (AvgIpc) is 3.20. The van der Waals surface area contributed by atoms with Crippen molar-refractivity contribution in [3.05, 3.63) is 22.3 Å². The Morgan fingerprint density at radius 1 is 1.34 bits per heavy atom. The highest BCUT2D eigenvalue weighted by Crippen LogP contribution is 2.40. The summed E-state index contributed by atoms with van der Waals surface area (Å²) in [6.07, 6.45) is 0. The number of thiazole rings is 1. The van der Waals surface area contributed by atoms with Crippen molar-refractivity contribution in [3.63, 3.8) is 0 Å². The second-order valence-corrected chi connectivity index (χ2v) is 9.81. The van der Waals surface area contributed by atoms with E-state index in [9.17, 15) is 34.2 Å². The lowest BCUT2D eigenvalue weighted by molar-refractivity contribution is -0.161. The van der Waals surface area contributed by atoms with E-state index >= 15 is 0 Å². The minimum Gasteiger partial charge on any atom is -0.478 e. The molecule has 0 aliphatic carbocycles. The summed E-state index contributed by atoms with van der Waals surface area (Å²) in [7, 11) is 0. The highest BCUT2D eigenvalue weighted by atomic mass is 32.2. The molecule has 2 aliphatic rings. The third-order valence-corrected chi connectivity index (χ3v) is 6.86. The molecule has 0 bridgehead atoms. The van der Waals surface area contributed by atoms with E-state index in [1.165, 1.54) is 37.9 Å². The predicted molar refractivity (Wildman–Crippen MR) is 122 cm³/mol. The monoisotopic (exact) mass is 527 g/mol. The fourth-order valence-corrected chi connectivity index (χ4v) is 4.87. The summed E-state index contributed by atoms with van der Waals surface area (Å²) in [6, 6.07) is -1.11. The number of ether oxygens (including phenoxy) is 1. The number of carboxylic acid groups (broad SMARTS) is 2. The molecule has 2 amide bonds. The number of carboxylic acids is 2. The van der Waals surface area contributed by atoms with Crippen LogP contribution in [0.3, 0.4) is 0 Å². The third kappa shape index (κ3) is 5.37. The quantitative estimate of drug-likeness (QED) is 0.140. The number of aromatic nitrogens is 1. The van der Waals surface area contributed by atoms with E-state index in [-0.39, 0.29) is 34.5 Å². The smallest absolute Gasteiger partial charge is 0.352 e. The van der Waals surface area contributed by atoms with Gasteiger partial charge in [0.05, 0.1) is 0 Å². The van der Waals surface area contributed by atoms with Gasteiger partial charge in [-0.1, -0.05) is 5.16 Å². The van der Waals surface area contributed by atoms with E-state index in [0.29, 0.717) is 0 Å². The van der Waals surface area contributed by atoms with Crippen LogP contribution in [0.15, 0.2) is 21.8 Å². The van der Waals surface area contributed by atoms with Gasteiger partial charge in [0.25, 0.3) is 11.8 Å². The molecule has 3 heterocycles. The zero-order chi connectivity index (χ0) is 26.1. The molecule has 2 atom stereocenters. The number of hydrogen-bond acceptors (Lipinski definition) is 12. The number of rotatable bonds is 9. The number of oxime groups is 1. The SMILES string of the molecule is CC(=O)OCC1=C(C(=O)O)N2C(=O)[C@@H](NC(=O)C(=NOC(C)(C)C(=O)O)c3csc(N)n3)[C@H]2SC1. The fourth-order valence-electron chi connectivity index (χ4n) is 2.99. The molecule has 5 N–H and O–H groups in total. The maximum absolute atomic E-state index is 13.0. The van der Waals surface area contributed by atoms with Crippen LogP contribution in [0.1, 0.15) is 26.5 Å². The number of fused-ring (bicyclic) bond motifs is 1. The van der Waals surface area contributed by atoms with Gasteiger partial charge in [0.2, 0.25) is 5.60 Å². The van der Waals surface area contributed by atoms with E-state index in [2.05, 4.69) is 15.5 Å². The van der Waals surface area contributed by atoms with Gasteiger partial charge in [-0.15, -0.1) is 23.1 Å². The fraction of sp³-hybridized carbons (Fsp3) is 0.421. The standard InChI is InChI=1S/C19H21N5O9S2/c1-7(25)32-4-8-5-34-15-11(14(27)24(15)12(8)16(28)29)22-13(26)10(9-6-35-18(20)21-9)23-33-19(2,3)17(30)31/h6,11,15H,4-5H2,1-3H3,(H2,20,21)(H,22,26)(H,28,29)(H,30,31)/t11-,15-/m1/s1. The molecular weight excluding hydrogens is 506 g/mol. The first kappa shape index (κ1) is 26.0. The predicted octanol–water partition coefficient (Wildman–Crippen LogP) is -0.389. The zero-order valence-corrected chi connectivity index (χ0v) is 20.3. The molecule has 0 saturated carbocycles. The maximum Gasteiger partial charge on any atom is 0.352 e. The molecule has 1 saturated heterocycles. The third-order valence-electron chi connectivity index (χ3n) is 4.85. The van der Waals surface area contributed by atoms with Crippen LogP contribution in [-0.2, 0) is 33.5 Å². The van der Waals surface area contributed by atoms with Crippen LogP contribution in [0.2, 0.25) is 0 Å². The van der Waals surface area contributed by atoms with E-state index in [4.69, 9.17) is 15.3 Å². The van der Waals surface area contributed by atoms with Crippen LogP contribution in [0.4, 0.5) is 5.13 Å². The highest BCUT2D eigenvalue weighted by Gasteiger charge is 2.54. The number of nitrogens with one attached hydrogen (secondary N) is 1. The molecular formula is C19H21N5O9S2. The van der Waals surface area contributed by atoms with Crippen molar-refractivity contribution in [1.29, 1.82) is 0 Å². The lowest BCUT2D eigenvalue weighted by atomic mass is 10.0. The minimum absolute atomic E-state index is 0.000836. The Hall–Kier alpha value is -3.66. The lowest BCUT2D eigenvalue weighted by Crippen LogP contribution is -2.71. The summed E-state index contributed by atoms with van der Waals surface area (Å²) in [4.78, 5) is 70.1. The Morgan fingerprint density at radius 3 is 2.57 bits per heavy atom. The van der Waals surface area contributed by atoms with Crippen LogP contribution in [-0.4, -0.2) is 84.9 Å². The molecule has 35 heavy (non-hydrogen) atoms. The van der Waals surface area contributed by atoms with Gasteiger partial charge in [-0.3, -0.25) is 19.3 Å². The number of anilines is 1. The summed E-state index contributed by atoms with van der Waals surface area (Å²) in [6.45, 7) is 3.35. The van der Waals surface area contributed by atoms with Gasteiger partial charge < -0.3 is 30.8 Å². The van der Waals surface area contributed by atoms with Crippen LogP contribution < -0.4 is 11.1 Å².